The van der Waals surface area contributed by atoms with Crippen molar-refractivity contribution in [2.24, 2.45) is 11.7 Å². The summed E-state index contributed by atoms with van der Waals surface area (Å²) in [6.45, 7) is 1.06. The fourth-order valence-electron chi connectivity index (χ4n) is 3.49. The predicted octanol–water partition coefficient (Wildman–Crippen LogP) is 2.51. The minimum absolute atomic E-state index is 0.112. The summed E-state index contributed by atoms with van der Waals surface area (Å²) < 4.78 is 52.6. The lowest BCUT2D eigenvalue weighted by molar-refractivity contribution is -0.173. The lowest BCUT2D eigenvalue weighted by Crippen LogP contribution is -2.39. The Kier molecular flexibility index (Phi) is 3.66. The van der Waals surface area contributed by atoms with Crippen LogP contribution in [-0.2, 0) is 10.2 Å². The molecule has 0 bridgehead atoms. The molecule has 3 rings (SSSR count). The summed E-state index contributed by atoms with van der Waals surface area (Å²) in [6, 6.07) is 3.41. The van der Waals surface area contributed by atoms with Crippen molar-refractivity contribution in [2.75, 3.05) is 13.1 Å². The quantitative estimate of drug-likeness (QED) is 0.847. The largest absolute Gasteiger partial charge is 0.395 e. The number of carbonyl (C=O) groups excluding carboxylic acids is 1. The molecule has 0 spiro atoms. The molecule has 1 aromatic carbocycles. The van der Waals surface area contributed by atoms with Crippen LogP contribution in [0.5, 0.6) is 0 Å². The van der Waals surface area contributed by atoms with Crippen LogP contribution in [0.1, 0.15) is 24.0 Å². The van der Waals surface area contributed by atoms with E-state index in [4.69, 9.17) is 5.73 Å². The van der Waals surface area contributed by atoms with Gasteiger partial charge in [-0.25, -0.2) is 4.39 Å². The van der Waals surface area contributed by atoms with Crippen LogP contribution in [0.15, 0.2) is 18.2 Å². The topological polar surface area (TPSA) is 46.3 Å². The normalized spacial score (nSPS) is 26.4. The van der Waals surface area contributed by atoms with Crippen molar-refractivity contribution in [2.45, 2.75) is 37.4 Å². The lowest BCUT2D eigenvalue weighted by Gasteiger charge is -2.25. The van der Waals surface area contributed by atoms with Crippen molar-refractivity contribution in [1.82, 2.24) is 4.90 Å². The Morgan fingerprint density at radius 3 is 2.48 bits per heavy atom. The Morgan fingerprint density at radius 1 is 1.30 bits per heavy atom. The summed E-state index contributed by atoms with van der Waals surface area (Å²) in [5.41, 5.74) is 5.65. The van der Waals surface area contributed by atoms with Gasteiger partial charge < -0.3 is 10.6 Å². The van der Waals surface area contributed by atoms with E-state index in [0.29, 0.717) is 24.0 Å². The molecule has 0 aromatic heterocycles. The second-order valence-electron chi connectivity index (χ2n) is 6.52. The molecule has 1 aromatic rings. The highest BCUT2D eigenvalue weighted by molar-refractivity contribution is 5.92. The maximum Gasteiger partial charge on any atom is 0.395 e. The molecule has 1 saturated carbocycles. The number of benzene rings is 1. The first-order valence-electron chi connectivity index (χ1n) is 7.54. The van der Waals surface area contributed by atoms with Gasteiger partial charge in [0.2, 0.25) is 5.91 Å². The average molecular weight is 330 g/mol. The number of nitrogens with zero attached hydrogens (tertiary/aromatic N) is 1. The smallest absolute Gasteiger partial charge is 0.340 e. The molecule has 2 fully saturated rings. The molecule has 0 radical (unpaired) electrons. The summed E-state index contributed by atoms with van der Waals surface area (Å²) in [6.07, 6.45) is -3.36. The molecule has 23 heavy (non-hydrogen) atoms. The third-order valence-corrected chi connectivity index (χ3v) is 5.02. The molecule has 3 nitrogen and oxygen atoms in total. The molecule has 1 heterocycles. The Bertz CT molecular complexity index is 639. The summed E-state index contributed by atoms with van der Waals surface area (Å²) in [4.78, 5) is 14.0. The highest BCUT2D eigenvalue weighted by Crippen LogP contribution is 2.51. The van der Waals surface area contributed by atoms with Gasteiger partial charge in [0.15, 0.2) is 0 Å². The van der Waals surface area contributed by atoms with E-state index in [1.54, 1.807) is 13.0 Å². The van der Waals surface area contributed by atoms with Crippen LogP contribution >= 0.6 is 0 Å². The molecule has 2 aliphatic rings. The SMILES string of the molecule is Cc1c(F)cccc1C1(C(=O)N2C[C@H](N)[C@@H](C(F)(F)F)C2)CC1. The fourth-order valence-corrected chi connectivity index (χ4v) is 3.49. The van der Waals surface area contributed by atoms with Gasteiger partial charge in [0.1, 0.15) is 5.82 Å². The third-order valence-electron chi connectivity index (χ3n) is 5.02. The zero-order valence-electron chi connectivity index (χ0n) is 12.7. The summed E-state index contributed by atoms with van der Waals surface area (Å²) in [5.74, 6) is -2.47. The van der Waals surface area contributed by atoms with Gasteiger partial charge >= 0.3 is 6.18 Å². The van der Waals surface area contributed by atoms with Crippen molar-refractivity contribution in [3.63, 3.8) is 0 Å². The molecule has 2 atom stereocenters. The van der Waals surface area contributed by atoms with Gasteiger partial charge in [0.05, 0.1) is 11.3 Å². The van der Waals surface area contributed by atoms with E-state index in [1.165, 1.54) is 17.0 Å². The Labute approximate surface area is 131 Å². The van der Waals surface area contributed by atoms with Crippen LogP contribution in [0.3, 0.4) is 0 Å². The van der Waals surface area contributed by atoms with Crippen LogP contribution in [0, 0.1) is 18.7 Å². The molecule has 126 valence electrons. The van der Waals surface area contributed by atoms with Crippen LogP contribution < -0.4 is 5.73 Å². The zero-order chi connectivity index (χ0) is 17.0. The van der Waals surface area contributed by atoms with E-state index in [0.717, 1.165) is 0 Å². The van der Waals surface area contributed by atoms with E-state index in [2.05, 4.69) is 0 Å². The molecule has 1 saturated heterocycles. The zero-order valence-corrected chi connectivity index (χ0v) is 12.7. The summed E-state index contributed by atoms with van der Waals surface area (Å²) in [5, 5.41) is 0. The lowest BCUT2D eigenvalue weighted by atomic mass is 9.90. The molecule has 2 N–H and O–H groups in total. The number of hydrogen-bond acceptors (Lipinski definition) is 2. The third kappa shape index (κ3) is 2.60. The minimum Gasteiger partial charge on any atom is -0.340 e. The van der Waals surface area contributed by atoms with Crippen molar-refractivity contribution >= 4 is 5.91 Å². The number of nitrogens with two attached hydrogens (primary N) is 1. The molecular formula is C16H18F4N2O. The first-order valence-corrected chi connectivity index (χ1v) is 7.54. The van der Waals surface area contributed by atoms with Gasteiger partial charge in [0, 0.05) is 19.1 Å². The van der Waals surface area contributed by atoms with Crippen molar-refractivity contribution < 1.29 is 22.4 Å². The Hall–Kier alpha value is -1.63. The minimum atomic E-state index is -4.42. The monoisotopic (exact) mass is 330 g/mol. The number of amides is 1. The number of carbonyl (C=O) groups is 1. The van der Waals surface area contributed by atoms with Crippen molar-refractivity contribution in [3.05, 3.63) is 35.1 Å². The molecule has 1 amide bonds. The van der Waals surface area contributed by atoms with E-state index >= 15 is 0 Å². The van der Waals surface area contributed by atoms with Crippen LogP contribution in [0.4, 0.5) is 17.6 Å². The standard InChI is InChI=1S/C16H18F4N2O/c1-9-10(3-2-4-12(9)17)15(5-6-15)14(23)22-7-11(13(21)8-22)16(18,19)20/h2-4,11,13H,5-8,21H2,1H3/t11-,13-/m0/s1. The average Bonchev–Trinajstić information content (AvgIpc) is 3.16. The Balaban J connectivity index is 1.85. The molecule has 0 unspecified atom stereocenters. The van der Waals surface area contributed by atoms with Gasteiger partial charge in [-0.3, -0.25) is 4.79 Å². The number of rotatable bonds is 2. The first-order chi connectivity index (χ1) is 10.7. The number of likely N-dealkylation sites (tertiary alicyclic amines) is 1. The molecule has 7 heteroatoms. The number of hydrogen-bond donors (Lipinski definition) is 1. The van der Waals surface area contributed by atoms with Gasteiger partial charge in [-0.15, -0.1) is 0 Å². The maximum absolute atomic E-state index is 13.8. The number of alkyl halides is 3. The second-order valence-corrected chi connectivity index (χ2v) is 6.52. The van der Waals surface area contributed by atoms with Crippen LogP contribution in [0.2, 0.25) is 0 Å². The highest BCUT2D eigenvalue weighted by Gasteiger charge is 2.57. The molecular weight excluding hydrogens is 312 g/mol. The van der Waals surface area contributed by atoms with Gasteiger partial charge in [-0.2, -0.15) is 13.2 Å². The van der Waals surface area contributed by atoms with Crippen molar-refractivity contribution in [3.8, 4) is 0 Å². The van der Waals surface area contributed by atoms with E-state index in [-0.39, 0.29) is 12.5 Å². The fraction of sp³-hybridized carbons (Fsp3) is 0.562. The van der Waals surface area contributed by atoms with Crippen LogP contribution in [-0.4, -0.2) is 36.1 Å². The van der Waals surface area contributed by atoms with E-state index < -0.39 is 35.9 Å². The second kappa shape index (κ2) is 5.19. The number of halogens is 4. The van der Waals surface area contributed by atoms with E-state index in [1.807, 2.05) is 0 Å². The Morgan fingerprint density at radius 2 is 1.96 bits per heavy atom. The summed E-state index contributed by atoms with van der Waals surface area (Å²) >= 11 is 0. The van der Waals surface area contributed by atoms with Crippen LogP contribution in [0.25, 0.3) is 0 Å². The van der Waals surface area contributed by atoms with Gasteiger partial charge in [-0.1, -0.05) is 12.1 Å². The highest BCUT2D eigenvalue weighted by atomic mass is 19.4. The summed E-state index contributed by atoms with van der Waals surface area (Å²) in [7, 11) is 0. The first kappa shape index (κ1) is 16.2. The van der Waals surface area contributed by atoms with Gasteiger partial charge in [0.25, 0.3) is 0 Å². The predicted molar refractivity (Wildman–Crippen MR) is 76.1 cm³/mol. The molecule has 1 aliphatic carbocycles. The van der Waals surface area contributed by atoms with E-state index in [9.17, 15) is 22.4 Å². The van der Waals surface area contributed by atoms with Crippen molar-refractivity contribution in [1.29, 1.82) is 0 Å². The van der Waals surface area contributed by atoms with Gasteiger partial charge in [-0.05, 0) is 37.0 Å². The maximum atomic E-state index is 13.8. The molecule has 1 aliphatic heterocycles.